The van der Waals surface area contributed by atoms with E-state index in [0.29, 0.717) is 13.2 Å². The lowest BCUT2D eigenvalue weighted by molar-refractivity contribution is 0.0952. The molecule has 1 amide bonds. The van der Waals surface area contributed by atoms with E-state index in [1.807, 2.05) is 32.0 Å². The number of ether oxygens (including phenoxy) is 1. The van der Waals surface area contributed by atoms with Crippen molar-refractivity contribution in [1.82, 2.24) is 5.32 Å². The van der Waals surface area contributed by atoms with Gasteiger partial charge in [0.1, 0.15) is 0 Å². The van der Waals surface area contributed by atoms with Crippen LogP contribution >= 0.6 is 15.9 Å². The van der Waals surface area contributed by atoms with Gasteiger partial charge < -0.3 is 10.1 Å². The molecule has 0 bridgehead atoms. The highest BCUT2D eigenvalue weighted by molar-refractivity contribution is 9.09. The van der Waals surface area contributed by atoms with E-state index in [-0.39, 0.29) is 10.7 Å². The fourth-order valence-electron chi connectivity index (χ4n) is 1.59. The number of methoxy groups -OCH3 is 1. The van der Waals surface area contributed by atoms with Crippen molar-refractivity contribution < 1.29 is 9.53 Å². The number of halogens is 1. The van der Waals surface area contributed by atoms with Gasteiger partial charge in [-0.15, -0.1) is 0 Å². The molecule has 0 spiro atoms. The molecule has 1 atom stereocenters. The van der Waals surface area contributed by atoms with Crippen molar-refractivity contribution in [2.24, 2.45) is 0 Å². The Balaban J connectivity index is 2.43. The molecule has 100 valence electrons. The molecule has 0 aliphatic rings. The van der Waals surface area contributed by atoms with Gasteiger partial charge in [-0.25, -0.2) is 0 Å². The van der Waals surface area contributed by atoms with Gasteiger partial charge in [-0.1, -0.05) is 22.0 Å². The molecule has 1 aromatic carbocycles. The summed E-state index contributed by atoms with van der Waals surface area (Å²) >= 11 is 3.49. The van der Waals surface area contributed by atoms with Crippen LogP contribution in [0.2, 0.25) is 0 Å². The fraction of sp³-hybridized carbons (Fsp3) is 0.500. The third kappa shape index (κ3) is 4.78. The van der Waals surface area contributed by atoms with Crippen LogP contribution in [0, 0.1) is 13.8 Å². The number of amides is 1. The highest BCUT2D eigenvalue weighted by Crippen LogP contribution is 2.10. The summed E-state index contributed by atoms with van der Waals surface area (Å²) in [5, 5.41) is 2.91. The molecule has 0 aliphatic carbocycles. The quantitative estimate of drug-likeness (QED) is 0.820. The predicted octanol–water partition coefficient (Wildman–Crippen LogP) is 2.83. The lowest BCUT2D eigenvalue weighted by Crippen LogP contribution is -2.27. The minimum Gasteiger partial charge on any atom is -0.384 e. The van der Waals surface area contributed by atoms with Crippen LogP contribution in [0.1, 0.15) is 27.9 Å². The van der Waals surface area contributed by atoms with Gasteiger partial charge in [0.2, 0.25) is 0 Å². The largest absolute Gasteiger partial charge is 0.384 e. The van der Waals surface area contributed by atoms with E-state index < -0.39 is 0 Å². The highest BCUT2D eigenvalue weighted by Gasteiger charge is 2.08. The Morgan fingerprint density at radius 1 is 1.39 bits per heavy atom. The second kappa shape index (κ2) is 7.54. The number of hydrogen-bond donors (Lipinski definition) is 1. The average molecular weight is 314 g/mol. The van der Waals surface area contributed by atoms with Crippen molar-refractivity contribution in [2.75, 3.05) is 20.3 Å². The van der Waals surface area contributed by atoms with Gasteiger partial charge in [0.25, 0.3) is 5.91 Å². The summed E-state index contributed by atoms with van der Waals surface area (Å²) in [7, 11) is 1.67. The number of aryl methyl sites for hydroxylation is 2. The van der Waals surface area contributed by atoms with Gasteiger partial charge in [0.05, 0.1) is 6.61 Å². The number of carbonyl (C=O) groups is 1. The summed E-state index contributed by atoms with van der Waals surface area (Å²) in [5.74, 6) is -0.0183. The highest BCUT2D eigenvalue weighted by atomic mass is 79.9. The molecule has 0 aliphatic heterocycles. The van der Waals surface area contributed by atoms with Crippen molar-refractivity contribution in [3.63, 3.8) is 0 Å². The normalized spacial score (nSPS) is 12.2. The van der Waals surface area contributed by atoms with Gasteiger partial charge in [0.15, 0.2) is 0 Å². The van der Waals surface area contributed by atoms with Crippen LogP contribution in [-0.2, 0) is 4.74 Å². The third-order valence-electron chi connectivity index (χ3n) is 2.86. The fourth-order valence-corrected chi connectivity index (χ4v) is 2.08. The Kier molecular flexibility index (Phi) is 6.36. The molecule has 18 heavy (non-hydrogen) atoms. The van der Waals surface area contributed by atoms with Crippen LogP contribution < -0.4 is 5.32 Å². The molecule has 1 unspecified atom stereocenters. The monoisotopic (exact) mass is 313 g/mol. The van der Waals surface area contributed by atoms with Crippen LogP contribution in [-0.4, -0.2) is 31.0 Å². The van der Waals surface area contributed by atoms with E-state index >= 15 is 0 Å². The molecule has 0 saturated heterocycles. The summed E-state index contributed by atoms with van der Waals surface area (Å²) in [6, 6.07) is 5.76. The van der Waals surface area contributed by atoms with Crippen LogP contribution in [0.15, 0.2) is 18.2 Å². The van der Waals surface area contributed by atoms with Gasteiger partial charge in [-0.05, 0) is 43.5 Å². The number of benzene rings is 1. The molecule has 1 rings (SSSR count). The van der Waals surface area contributed by atoms with Crippen molar-refractivity contribution in [1.29, 1.82) is 0 Å². The molecule has 1 aromatic rings. The van der Waals surface area contributed by atoms with E-state index in [1.165, 1.54) is 5.56 Å². The number of alkyl halides is 1. The second-order valence-corrected chi connectivity index (χ2v) is 5.69. The summed E-state index contributed by atoms with van der Waals surface area (Å²) in [5.41, 5.74) is 3.06. The minimum absolute atomic E-state index is 0.0183. The summed E-state index contributed by atoms with van der Waals surface area (Å²) in [6.45, 7) is 5.35. The minimum atomic E-state index is -0.0183. The molecule has 4 heteroatoms. The lowest BCUT2D eigenvalue weighted by Gasteiger charge is -2.10. The number of carbonyl (C=O) groups excluding carboxylic acids is 1. The maximum atomic E-state index is 11.9. The molecule has 0 heterocycles. The summed E-state index contributed by atoms with van der Waals surface area (Å²) in [4.78, 5) is 12.2. The number of nitrogens with one attached hydrogen (secondary N) is 1. The molecule has 0 radical (unpaired) electrons. The summed E-state index contributed by atoms with van der Waals surface area (Å²) in [6.07, 6.45) is 0.852. The number of hydrogen-bond acceptors (Lipinski definition) is 2. The standard InChI is InChI=1S/C14H20BrNO2/c1-10-4-5-12(8-11(10)2)14(17)16-7-6-13(15)9-18-3/h4-5,8,13H,6-7,9H2,1-3H3,(H,16,17). The third-order valence-corrected chi connectivity index (χ3v) is 3.58. The Bertz CT molecular complexity index is 407. The first-order valence-corrected chi connectivity index (χ1v) is 6.94. The van der Waals surface area contributed by atoms with Crippen molar-refractivity contribution in [3.8, 4) is 0 Å². The maximum absolute atomic E-state index is 11.9. The zero-order chi connectivity index (χ0) is 13.5. The lowest BCUT2D eigenvalue weighted by atomic mass is 10.1. The first-order valence-electron chi connectivity index (χ1n) is 6.03. The van der Waals surface area contributed by atoms with E-state index in [9.17, 15) is 4.79 Å². The smallest absolute Gasteiger partial charge is 0.251 e. The zero-order valence-electron chi connectivity index (χ0n) is 11.1. The Morgan fingerprint density at radius 2 is 2.11 bits per heavy atom. The molecule has 0 saturated carbocycles. The molecule has 1 N–H and O–H groups in total. The molecule has 3 nitrogen and oxygen atoms in total. The molecular formula is C14H20BrNO2. The predicted molar refractivity (Wildman–Crippen MR) is 77.5 cm³/mol. The van der Waals surface area contributed by atoms with Crippen LogP contribution in [0.25, 0.3) is 0 Å². The molecule has 0 aromatic heterocycles. The Morgan fingerprint density at radius 3 is 2.72 bits per heavy atom. The van der Waals surface area contributed by atoms with Gasteiger partial charge in [0, 0.05) is 24.0 Å². The SMILES string of the molecule is COCC(Br)CCNC(=O)c1ccc(C)c(C)c1. The Labute approximate surface area is 117 Å². The van der Waals surface area contributed by atoms with Gasteiger partial charge in [-0.2, -0.15) is 0 Å². The average Bonchev–Trinajstić information content (AvgIpc) is 2.33. The maximum Gasteiger partial charge on any atom is 0.251 e. The van der Waals surface area contributed by atoms with Crippen LogP contribution in [0.5, 0.6) is 0 Å². The first kappa shape index (κ1) is 15.2. The van der Waals surface area contributed by atoms with Gasteiger partial charge in [-0.3, -0.25) is 4.79 Å². The number of rotatable bonds is 6. The zero-order valence-corrected chi connectivity index (χ0v) is 12.7. The van der Waals surface area contributed by atoms with E-state index in [0.717, 1.165) is 17.5 Å². The van der Waals surface area contributed by atoms with E-state index in [4.69, 9.17) is 4.74 Å². The summed E-state index contributed by atoms with van der Waals surface area (Å²) < 4.78 is 5.02. The molecular weight excluding hydrogens is 294 g/mol. The van der Waals surface area contributed by atoms with Crippen molar-refractivity contribution >= 4 is 21.8 Å². The van der Waals surface area contributed by atoms with E-state index in [2.05, 4.69) is 21.2 Å². The van der Waals surface area contributed by atoms with Crippen LogP contribution in [0.3, 0.4) is 0 Å². The van der Waals surface area contributed by atoms with Gasteiger partial charge >= 0.3 is 0 Å². The topological polar surface area (TPSA) is 38.3 Å². The van der Waals surface area contributed by atoms with Crippen LogP contribution in [0.4, 0.5) is 0 Å². The Hall–Kier alpha value is -0.870. The van der Waals surface area contributed by atoms with Crippen molar-refractivity contribution in [2.45, 2.75) is 25.1 Å². The molecule has 0 fully saturated rings. The first-order chi connectivity index (χ1) is 8.54. The van der Waals surface area contributed by atoms with E-state index in [1.54, 1.807) is 7.11 Å². The second-order valence-electron chi connectivity index (χ2n) is 4.40. The van der Waals surface area contributed by atoms with Crippen molar-refractivity contribution in [3.05, 3.63) is 34.9 Å².